The predicted molar refractivity (Wildman–Crippen MR) is 51.4 cm³/mol. The van der Waals surface area contributed by atoms with Crippen LogP contribution in [0.15, 0.2) is 24.3 Å². The van der Waals surface area contributed by atoms with Gasteiger partial charge in [0.25, 0.3) is 0 Å². The van der Waals surface area contributed by atoms with Crippen LogP contribution in [0.5, 0.6) is 0 Å². The van der Waals surface area contributed by atoms with Crippen molar-refractivity contribution >= 4 is 11.9 Å². The molecular weight excluding hydrogens is 216 g/mol. The topological polar surface area (TPSA) is 93.1 Å². The summed E-state index contributed by atoms with van der Waals surface area (Å²) in [4.78, 5) is 22.4. The smallest absolute Gasteiger partial charge is 0.340 e. The Morgan fingerprint density at radius 3 is 1.81 bits per heavy atom. The van der Waals surface area contributed by atoms with E-state index in [4.69, 9.17) is 10.2 Å². The van der Waals surface area contributed by atoms with Crippen molar-refractivity contribution in [2.75, 3.05) is 13.6 Å². The molecule has 1 aromatic rings. The van der Waals surface area contributed by atoms with Crippen LogP contribution in [0.3, 0.4) is 0 Å². The van der Waals surface area contributed by atoms with Gasteiger partial charge < -0.3 is 19.7 Å². The summed E-state index contributed by atoms with van der Waals surface area (Å²) >= 11 is 0. The van der Waals surface area contributed by atoms with E-state index in [0.717, 1.165) is 0 Å². The monoisotopic (exact) mass is 226 g/mol. The molecule has 0 bridgehead atoms. The molecule has 0 saturated carbocycles. The van der Waals surface area contributed by atoms with E-state index < -0.39 is 25.5 Å². The van der Waals surface area contributed by atoms with Gasteiger partial charge in [-0.3, -0.25) is 0 Å². The van der Waals surface area contributed by atoms with Gasteiger partial charge in [-0.05, 0) is 18.2 Å². The lowest BCUT2D eigenvalue weighted by Crippen LogP contribution is -2.09. The van der Waals surface area contributed by atoms with Crippen LogP contribution in [0.2, 0.25) is 0 Å². The van der Waals surface area contributed by atoms with Crippen molar-refractivity contribution in [3.05, 3.63) is 35.4 Å². The third-order valence-electron chi connectivity index (χ3n) is 1.73. The summed E-state index contributed by atoms with van der Waals surface area (Å²) in [7, 11) is 0. The van der Waals surface area contributed by atoms with Crippen molar-refractivity contribution in [2.45, 2.75) is 0 Å². The molecule has 0 radical (unpaired) electrons. The van der Waals surface area contributed by atoms with Gasteiger partial charge in [0.15, 0.2) is 13.6 Å². The lowest BCUT2D eigenvalue weighted by molar-refractivity contribution is 0.00665. The summed E-state index contributed by atoms with van der Waals surface area (Å²) in [6.45, 7) is -1.46. The van der Waals surface area contributed by atoms with Gasteiger partial charge >= 0.3 is 11.9 Å². The summed E-state index contributed by atoms with van der Waals surface area (Å²) in [6, 6.07) is 5.55. The highest BCUT2D eigenvalue weighted by Crippen LogP contribution is 2.08. The van der Waals surface area contributed by atoms with Gasteiger partial charge in [0.1, 0.15) is 0 Å². The fourth-order valence-electron chi connectivity index (χ4n) is 1.06. The van der Waals surface area contributed by atoms with E-state index in [9.17, 15) is 9.59 Å². The molecule has 0 atom stereocenters. The number of carbonyl (C=O) groups excluding carboxylic acids is 2. The van der Waals surface area contributed by atoms with E-state index >= 15 is 0 Å². The highest BCUT2D eigenvalue weighted by molar-refractivity contribution is 5.95. The van der Waals surface area contributed by atoms with E-state index in [1.165, 1.54) is 24.3 Å². The maximum Gasteiger partial charge on any atom is 0.340 e. The Balaban J connectivity index is 2.86. The molecule has 0 aromatic heterocycles. The molecule has 0 saturated heterocycles. The molecule has 0 fully saturated rings. The number of carbonyl (C=O) groups is 2. The minimum Gasteiger partial charge on any atom is -0.435 e. The molecule has 0 spiro atoms. The van der Waals surface area contributed by atoms with Gasteiger partial charge in [0, 0.05) is 0 Å². The fraction of sp³-hybridized carbons (Fsp3) is 0.200. The van der Waals surface area contributed by atoms with E-state index in [1.807, 2.05) is 0 Å². The van der Waals surface area contributed by atoms with Crippen molar-refractivity contribution < 1.29 is 29.3 Å². The first-order valence-electron chi connectivity index (χ1n) is 4.35. The Kier molecular flexibility index (Phi) is 4.43. The van der Waals surface area contributed by atoms with Crippen molar-refractivity contribution in [3.8, 4) is 0 Å². The van der Waals surface area contributed by atoms with Crippen LogP contribution >= 0.6 is 0 Å². The van der Waals surface area contributed by atoms with Crippen LogP contribution in [0.4, 0.5) is 0 Å². The normalized spacial score (nSPS) is 9.62. The first-order chi connectivity index (χ1) is 7.69. The number of ether oxygens (including phenoxy) is 2. The second-order valence-electron chi connectivity index (χ2n) is 2.70. The number of benzene rings is 1. The molecular formula is C10H10O6. The molecule has 0 aliphatic heterocycles. The maximum atomic E-state index is 11.2. The quantitative estimate of drug-likeness (QED) is 0.550. The lowest BCUT2D eigenvalue weighted by Gasteiger charge is -2.03. The third kappa shape index (κ3) is 3.04. The predicted octanol–water partition coefficient (Wildman–Crippen LogP) is -0.100. The number of hydrogen-bond donors (Lipinski definition) is 2. The molecule has 2 N–H and O–H groups in total. The zero-order valence-corrected chi connectivity index (χ0v) is 8.25. The van der Waals surface area contributed by atoms with Gasteiger partial charge in [0.2, 0.25) is 0 Å². The van der Waals surface area contributed by atoms with E-state index in [1.54, 1.807) is 0 Å². The van der Waals surface area contributed by atoms with E-state index in [0.29, 0.717) is 0 Å². The second-order valence-corrected chi connectivity index (χ2v) is 2.70. The molecule has 1 rings (SSSR count). The Bertz CT molecular complexity index is 353. The van der Waals surface area contributed by atoms with Gasteiger partial charge in [-0.15, -0.1) is 0 Å². The lowest BCUT2D eigenvalue weighted by atomic mass is 10.1. The van der Waals surface area contributed by atoms with Gasteiger partial charge in [-0.25, -0.2) is 9.59 Å². The molecule has 0 aliphatic rings. The second kappa shape index (κ2) is 5.84. The molecule has 6 heteroatoms. The molecule has 6 nitrogen and oxygen atoms in total. The Labute approximate surface area is 91.0 Å². The molecule has 1 aromatic carbocycles. The number of aliphatic hydroxyl groups excluding tert-OH is 2. The minimum atomic E-state index is -0.749. The highest BCUT2D eigenvalue weighted by atomic mass is 16.6. The summed E-state index contributed by atoms with van der Waals surface area (Å²) in [5.74, 6) is -1.50. The van der Waals surface area contributed by atoms with Crippen LogP contribution in [0.1, 0.15) is 20.7 Å². The van der Waals surface area contributed by atoms with Crippen LogP contribution in [0.25, 0.3) is 0 Å². The molecule has 0 amide bonds. The van der Waals surface area contributed by atoms with E-state index in [2.05, 4.69) is 9.47 Å². The van der Waals surface area contributed by atoms with Crippen molar-refractivity contribution in [1.82, 2.24) is 0 Å². The van der Waals surface area contributed by atoms with Crippen LogP contribution in [-0.4, -0.2) is 35.7 Å². The third-order valence-corrected chi connectivity index (χ3v) is 1.73. The standard InChI is InChI=1S/C10H10O6/c11-5-15-9(13)7-2-1-3-8(4-7)10(14)16-6-12/h1-4,11-12H,5-6H2. The van der Waals surface area contributed by atoms with Crippen molar-refractivity contribution in [2.24, 2.45) is 0 Å². The van der Waals surface area contributed by atoms with E-state index in [-0.39, 0.29) is 11.1 Å². The minimum absolute atomic E-state index is 0.112. The molecule has 16 heavy (non-hydrogen) atoms. The number of esters is 2. The fourth-order valence-corrected chi connectivity index (χ4v) is 1.06. The summed E-state index contributed by atoms with van der Waals surface area (Å²) in [5, 5.41) is 16.8. The summed E-state index contributed by atoms with van der Waals surface area (Å²) in [6.07, 6.45) is 0. The zero-order valence-electron chi connectivity index (χ0n) is 8.25. The molecule has 0 heterocycles. The summed E-state index contributed by atoms with van der Waals surface area (Å²) < 4.78 is 8.68. The van der Waals surface area contributed by atoms with Crippen LogP contribution in [-0.2, 0) is 9.47 Å². The largest absolute Gasteiger partial charge is 0.435 e. The van der Waals surface area contributed by atoms with Crippen LogP contribution in [0, 0.1) is 0 Å². The highest BCUT2D eigenvalue weighted by Gasteiger charge is 2.11. The molecule has 86 valence electrons. The number of aliphatic hydroxyl groups is 2. The number of hydrogen-bond acceptors (Lipinski definition) is 6. The first-order valence-corrected chi connectivity index (χ1v) is 4.35. The maximum absolute atomic E-state index is 11.2. The number of rotatable bonds is 4. The Hall–Kier alpha value is -1.92. The van der Waals surface area contributed by atoms with Gasteiger partial charge in [0.05, 0.1) is 11.1 Å². The van der Waals surface area contributed by atoms with Gasteiger partial charge in [-0.2, -0.15) is 0 Å². The zero-order chi connectivity index (χ0) is 12.0. The average Bonchev–Trinajstić information content (AvgIpc) is 2.30. The van der Waals surface area contributed by atoms with Gasteiger partial charge in [-0.1, -0.05) is 6.07 Å². The van der Waals surface area contributed by atoms with Crippen molar-refractivity contribution in [3.63, 3.8) is 0 Å². The first kappa shape index (κ1) is 12.2. The summed E-state index contributed by atoms with van der Waals surface area (Å²) in [5.41, 5.74) is 0.225. The Morgan fingerprint density at radius 2 is 1.44 bits per heavy atom. The average molecular weight is 226 g/mol. The SMILES string of the molecule is O=C(OCO)c1cccc(C(=O)OCO)c1. The molecule has 0 unspecified atom stereocenters. The van der Waals surface area contributed by atoms with Crippen molar-refractivity contribution in [1.29, 1.82) is 0 Å². The van der Waals surface area contributed by atoms with Crippen LogP contribution < -0.4 is 0 Å². The Morgan fingerprint density at radius 1 is 1.00 bits per heavy atom. The molecule has 0 aliphatic carbocycles.